The van der Waals surface area contributed by atoms with Crippen molar-refractivity contribution in [3.05, 3.63) is 59.4 Å². The minimum atomic E-state index is -0.236. The van der Waals surface area contributed by atoms with E-state index in [-0.39, 0.29) is 5.82 Å². The van der Waals surface area contributed by atoms with Gasteiger partial charge in [0, 0.05) is 6.54 Å². The summed E-state index contributed by atoms with van der Waals surface area (Å²) < 4.78 is 13.2. The smallest absolute Gasteiger partial charge is 0.123 e. The second kappa shape index (κ2) is 5.98. The molecule has 0 saturated heterocycles. The molecule has 0 saturated carbocycles. The predicted molar refractivity (Wildman–Crippen MR) is 78.4 cm³/mol. The summed E-state index contributed by atoms with van der Waals surface area (Å²) in [6.07, 6.45) is 1.13. The van der Waals surface area contributed by atoms with Gasteiger partial charge < -0.3 is 5.73 Å². The Labute approximate surface area is 114 Å². The number of nitrogens with two attached hydrogens (primary N) is 1. The molecule has 0 radical (unpaired) electrons. The van der Waals surface area contributed by atoms with Crippen molar-refractivity contribution in [2.24, 2.45) is 5.73 Å². The van der Waals surface area contributed by atoms with Gasteiger partial charge in [0.25, 0.3) is 0 Å². The minimum absolute atomic E-state index is 0.236. The van der Waals surface area contributed by atoms with E-state index in [1.807, 2.05) is 0 Å². The Morgan fingerprint density at radius 3 is 2.37 bits per heavy atom. The van der Waals surface area contributed by atoms with Gasteiger partial charge in [-0.3, -0.25) is 0 Å². The van der Waals surface area contributed by atoms with Gasteiger partial charge in [-0.1, -0.05) is 44.2 Å². The van der Waals surface area contributed by atoms with Crippen molar-refractivity contribution in [2.75, 3.05) is 0 Å². The highest BCUT2D eigenvalue weighted by molar-refractivity contribution is 5.67. The van der Waals surface area contributed by atoms with Gasteiger partial charge in [0.15, 0.2) is 0 Å². The summed E-state index contributed by atoms with van der Waals surface area (Å²) in [6.45, 7) is 4.75. The van der Waals surface area contributed by atoms with Crippen LogP contribution in [0.3, 0.4) is 0 Å². The quantitative estimate of drug-likeness (QED) is 0.859. The lowest BCUT2D eigenvalue weighted by molar-refractivity contribution is 0.625. The highest BCUT2D eigenvalue weighted by atomic mass is 19.1. The zero-order valence-electron chi connectivity index (χ0n) is 11.5. The van der Waals surface area contributed by atoms with E-state index < -0.39 is 0 Å². The summed E-state index contributed by atoms with van der Waals surface area (Å²) in [5, 5.41) is 0. The maximum Gasteiger partial charge on any atom is 0.123 e. The van der Waals surface area contributed by atoms with Crippen molar-refractivity contribution in [1.82, 2.24) is 0 Å². The molecule has 0 fully saturated rings. The average Bonchev–Trinajstić information content (AvgIpc) is 2.46. The first-order chi connectivity index (χ1) is 9.15. The molecule has 0 spiro atoms. The van der Waals surface area contributed by atoms with Crippen molar-refractivity contribution in [3.63, 3.8) is 0 Å². The molecular weight excluding hydrogens is 237 g/mol. The predicted octanol–water partition coefficient (Wildman–Crippen LogP) is 4.46. The Balaban J connectivity index is 2.37. The molecule has 0 aliphatic rings. The van der Waals surface area contributed by atoms with Crippen LogP contribution in [0.25, 0.3) is 11.1 Å². The lowest BCUT2D eigenvalue weighted by Crippen LogP contribution is -2.00. The fourth-order valence-corrected chi connectivity index (χ4v) is 2.24. The van der Waals surface area contributed by atoms with Crippen LogP contribution in [0, 0.1) is 5.82 Å². The van der Waals surface area contributed by atoms with E-state index in [1.165, 1.54) is 17.7 Å². The van der Waals surface area contributed by atoms with Gasteiger partial charge in [-0.25, -0.2) is 4.39 Å². The molecule has 0 bridgehead atoms. The van der Waals surface area contributed by atoms with Gasteiger partial charge in [-0.05, 0) is 46.7 Å². The molecule has 0 aliphatic carbocycles. The third-order valence-corrected chi connectivity index (χ3v) is 3.69. The molecule has 0 heterocycles. The molecule has 1 nitrogen and oxygen atoms in total. The maximum atomic E-state index is 13.2. The van der Waals surface area contributed by atoms with E-state index in [2.05, 4.69) is 38.1 Å². The van der Waals surface area contributed by atoms with Gasteiger partial charge >= 0.3 is 0 Å². The zero-order valence-corrected chi connectivity index (χ0v) is 11.5. The number of hydrogen-bond donors (Lipinski definition) is 1. The van der Waals surface area contributed by atoms with Gasteiger partial charge in [0.2, 0.25) is 0 Å². The van der Waals surface area contributed by atoms with Crippen molar-refractivity contribution < 1.29 is 4.39 Å². The standard InChI is InChI=1S/C17H20FN/c1-3-12(2)13-4-6-14(7-5-13)17-9-8-16(18)10-15(17)11-19/h4-10,12H,3,11,19H2,1-2H3. The van der Waals surface area contributed by atoms with Crippen molar-refractivity contribution in [1.29, 1.82) is 0 Å². The van der Waals surface area contributed by atoms with E-state index in [0.29, 0.717) is 12.5 Å². The molecular formula is C17H20FN. The average molecular weight is 257 g/mol. The molecule has 1 atom stereocenters. The molecule has 2 heteroatoms. The topological polar surface area (TPSA) is 26.0 Å². The Morgan fingerprint density at radius 2 is 1.79 bits per heavy atom. The van der Waals surface area contributed by atoms with Crippen LogP contribution in [-0.4, -0.2) is 0 Å². The Morgan fingerprint density at radius 1 is 1.11 bits per heavy atom. The van der Waals surface area contributed by atoms with E-state index in [1.54, 1.807) is 6.07 Å². The van der Waals surface area contributed by atoms with Gasteiger partial charge in [-0.2, -0.15) is 0 Å². The van der Waals surface area contributed by atoms with Gasteiger partial charge in [0.05, 0.1) is 0 Å². The Hall–Kier alpha value is -1.67. The second-order valence-corrected chi connectivity index (χ2v) is 4.94. The highest BCUT2D eigenvalue weighted by Gasteiger charge is 2.07. The molecule has 1 unspecified atom stereocenters. The van der Waals surface area contributed by atoms with Crippen LogP contribution in [0.2, 0.25) is 0 Å². The molecule has 0 aromatic heterocycles. The van der Waals surface area contributed by atoms with Crippen LogP contribution in [0.5, 0.6) is 0 Å². The molecule has 19 heavy (non-hydrogen) atoms. The minimum Gasteiger partial charge on any atom is -0.326 e. The van der Waals surface area contributed by atoms with Crippen LogP contribution in [-0.2, 0) is 6.54 Å². The lowest BCUT2D eigenvalue weighted by Gasteiger charge is -2.12. The first kappa shape index (κ1) is 13.8. The summed E-state index contributed by atoms with van der Waals surface area (Å²) in [6, 6.07) is 13.3. The molecule has 100 valence electrons. The second-order valence-electron chi connectivity index (χ2n) is 4.94. The molecule has 2 N–H and O–H groups in total. The summed E-state index contributed by atoms with van der Waals surface area (Å²) in [5.41, 5.74) is 9.97. The van der Waals surface area contributed by atoms with Crippen molar-refractivity contribution >= 4 is 0 Å². The zero-order chi connectivity index (χ0) is 13.8. The maximum absolute atomic E-state index is 13.2. The first-order valence-corrected chi connectivity index (χ1v) is 6.74. The lowest BCUT2D eigenvalue weighted by atomic mass is 9.94. The summed E-state index contributed by atoms with van der Waals surface area (Å²) in [5.74, 6) is 0.330. The van der Waals surface area contributed by atoms with Crippen LogP contribution in [0.1, 0.15) is 37.3 Å². The normalized spacial score (nSPS) is 12.4. The van der Waals surface area contributed by atoms with Gasteiger partial charge in [0.1, 0.15) is 5.82 Å². The highest BCUT2D eigenvalue weighted by Crippen LogP contribution is 2.27. The van der Waals surface area contributed by atoms with Crippen LogP contribution in [0.4, 0.5) is 4.39 Å². The monoisotopic (exact) mass is 257 g/mol. The van der Waals surface area contributed by atoms with E-state index in [0.717, 1.165) is 23.1 Å². The first-order valence-electron chi connectivity index (χ1n) is 6.74. The molecule has 0 aliphatic heterocycles. The van der Waals surface area contributed by atoms with Crippen LogP contribution in [0.15, 0.2) is 42.5 Å². The van der Waals surface area contributed by atoms with E-state index in [4.69, 9.17) is 5.73 Å². The molecule has 2 aromatic rings. The largest absolute Gasteiger partial charge is 0.326 e. The van der Waals surface area contributed by atoms with Crippen LogP contribution < -0.4 is 5.73 Å². The van der Waals surface area contributed by atoms with E-state index >= 15 is 0 Å². The fourth-order valence-electron chi connectivity index (χ4n) is 2.24. The number of rotatable bonds is 4. The summed E-state index contributed by atoms with van der Waals surface area (Å²) >= 11 is 0. The van der Waals surface area contributed by atoms with Gasteiger partial charge in [-0.15, -0.1) is 0 Å². The number of hydrogen-bond acceptors (Lipinski definition) is 1. The number of halogens is 1. The third-order valence-electron chi connectivity index (χ3n) is 3.69. The Kier molecular flexibility index (Phi) is 4.33. The molecule has 2 rings (SSSR count). The third kappa shape index (κ3) is 3.02. The van der Waals surface area contributed by atoms with E-state index in [9.17, 15) is 4.39 Å². The SMILES string of the molecule is CCC(C)c1ccc(-c2ccc(F)cc2CN)cc1. The fraction of sp³-hybridized carbons (Fsp3) is 0.294. The van der Waals surface area contributed by atoms with Crippen molar-refractivity contribution in [2.45, 2.75) is 32.7 Å². The van der Waals surface area contributed by atoms with Crippen molar-refractivity contribution in [3.8, 4) is 11.1 Å². The van der Waals surface area contributed by atoms with Crippen LogP contribution >= 0.6 is 0 Å². The summed E-state index contributed by atoms with van der Waals surface area (Å²) in [4.78, 5) is 0. The number of benzene rings is 2. The Bertz CT molecular complexity index is 546. The molecule has 2 aromatic carbocycles. The summed E-state index contributed by atoms with van der Waals surface area (Å²) in [7, 11) is 0. The molecule has 0 amide bonds.